The number of aliphatic hydroxyl groups excluding tert-OH is 2. The molecule has 0 aliphatic heterocycles. The number of hydrogen-bond acceptors (Lipinski definition) is 4. The molecule has 2 aromatic rings. The number of ketones is 1. The van der Waals surface area contributed by atoms with E-state index in [2.05, 4.69) is 0 Å². The number of benzene rings is 2. The average molecular weight is 332 g/mol. The highest BCUT2D eigenvalue weighted by molar-refractivity contribution is 5.88. The van der Waals surface area contributed by atoms with E-state index in [1.54, 1.807) is 6.07 Å². The number of rotatable bonds is 7. The van der Waals surface area contributed by atoms with Gasteiger partial charge in [0.2, 0.25) is 0 Å². The van der Waals surface area contributed by atoms with E-state index in [1.165, 1.54) is 19.1 Å². The minimum Gasteiger partial charge on any atom is -0.393 e. The van der Waals surface area contributed by atoms with Crippen LogP contribution in [0.15, 0.2) is 42.5 Å². The van der Waals surface area contributed by atoms with Gasteiger partial charge in [-0.25, -0.2) is 4.39 Å². The van der Waals surface area contributed by atoms with Gasteiger partial charge in [0.25, 0.3) is 0 Å². The van der Waals surface area contributed by atoms with Gasteiger partial charge in [-0.15, -0.1) is 0 Å². The molecule has 0 fully saturated rings. The summed E-state index contributed by atoms with van der Waals surface area (Å²) in [5.41, 5.74) is 2.15. The molecular formula is C19H21FO4. The Morgan fingerprint density at radius 2 is 1.83 bits per heavy atom. The molecule has 1 atom stereocenters. The first-order valence-electron chi connectivity index (χ1n) is 7.64. The van der Waals surface area contributed by atoms with Gasteiger partial charge in [-0.05, 0) is 48.2 Å². The van der Waals surface area contributed by atoms with Crippen molar-refractivity contribution in [2.75, 3.05) is 13.2 Å². The fourth-order valence-electron chi connectivity index (χ4n) is 2.36. The highest BCUT2D eigenvalue weighted by Gasteiger charge is 2.32. The first kappa shape index (κ1) is 18.3. The standard InChI is InChI=1S/C19H21FO4/c1-13-9-16(20)7-8-17(13)15-5-3-14(4-6-15)11-24-19(2,12-22)18(23)10-21/h3-9,21-22H,10-12H2,1-2H3. The maximum atomic E-state index is 13.2. The number of ether oxygens (including phenoxy) is 1. The zero-order valence-corrected chi connectivity index (χ0v) is 13.8. The van der Waals surface area contributed by atoms with E-state index in [9.17, 15) is 14.3 Å². The summed E-state index contributed by atoms with van der Waals surface area (Å²) in [5.74, 6) is -0.832. The van der Waals surface area contributed by atoms with Crippen LogP contribution in [0.2, 0.25) is 0 Å². The number of aliphatic hydroxyl groups is 2. The molecule has 5 heteroatoms. The molecule has 0 heterocycles. The first-order valence-corrected chi connectivity index (χ1v) is 7.64. The van der Waals surface area contributed by atoms with Crippen molar-refractivity contribution in [3.05, 3.63) is 59.4 Å². The van der Waals surface area contributed by atoms with Gasteiger partial charge in [-0.2, -0.15) is 0 Å². The first-order chi connectivity index (χ1) is 11.4. The molecule has 0 amide bonds. The number of carbonyl (C=O) groups is 1. The molecule has 4 nitrogen and oxygen atoms in total. The van der Waals surface area contributed by atoms with Crippen molar-refractivity contribution in [2.24, 2.45) is 0 Å². The normalized spacial score (nSPS) is 13.5. The zero-order chi connectivity index (χ0) is 17.7. The maximum Gasteiger partial charge on any atom is 0.191 e. The number of Topliss-reactive ketones (excluding diaryl/α,β-unsaturated/α-hetero) is 1. The molecule has 0 bridgehead atoms. The van der Waals surface area contributed by atoms with Crippen LogP contribution in [0.1, 0.15) is 18.1 Å². The second-order valence-corrected chi connectivity index (χ2v) is 5.92. The third kappa shape index (κ3) is 4.06. The molecule has 0 saturated carbocycles. The zero-order valence-electron chi connectivity index (χ0n) is 13.8. The molecule has 0 saturated heterocycles. The summed E-state index contributed by atoms with van der Waals surface area (Å²) in [5, 5.41) is 18.3. The Labute approximate surface area is 140 Å². The predicted molar refractivity (Wildman–Crippen MR) is 88.9 cm³/mol. The van der Waals surface area contributed by atoms with Crippen molar-refractivity contribution in [1.29, 1.82) is 0 Å². The van der Waals surface area contributed by atoms with E-state index in [0.29, 0.717) is 0 Å². The molecule has 2 aromatic carbocycles. The fourth-order valence-corrected chi connectivity index (χ4v) is 2.36. The number of carbonyl (C=O) groups excluding carboxylic acids is 1. The molecule has 0 aromatic heterocycles. The van der Waals surface area contributed by atoms with Crippen LogP contribution >= 0.6 is 0 Å². The second-order valence-electron chi connectivity index (χ2n) is 5.92. The van der Waals surface area contributed by atoms with Crippen LogP contribution in [0.25, 0.3) is 11.1 Å². The van der Waals surface area contributed by atoms with Crippen LogP contribution < -0.4 is 0 Å². The monoisotopic (exact) mass is 332 g/mol. The lowest BCUT2D eigenvalue weighted by atomic mass is 9.99. The third-order valence-corrected chi connectivity index (χ3v) is 4.05. The molecule has 128 valence electrons. The summed E-state index contributed by atoms with van der Waals surface area (Å²) < 4.78 is 18.7. The lowest BCUT2D eigenvalue weighted by Crippen LogP contribution is -2.43. The maximum absolute atomic E-state index is 13.2. The number of hydrogen-bond donors (Lipinski definition) is 2. The molecule has 0 aliphatic carbocycles. The van der Waals surface area contributed by atoms with E-state index in [0.717, 1.165) is 22.3 Å². The van der Waals surface area contributed by atoms with E-state index in [-0.39, 0.29) is 12.4 Å². The smallest absolute Gasteiger partial charge is 0.191 e. The summed E-state index contributed by atoms with van der Waals surface area (Å²) in [7, 11) is 0. The van der Waals surface area contributed by atoms with Gasteiger partial charge in [0.05, 0.1) is 13.2 Å². The topological polar surface area (TPSA) is 66.8 Å². The van der Waals surface area contributed by atoms with Gasteiger partial charge in [-0.1, -0.05) is 30.3 Å². The number of aryl methyl sites for hydroxylation is 1. The largest absolute Gasteiger partial charge is 0.393 e. The highest BCUT2D eigenvalue weighted by atomic mass is 19.1. The Morgan fingerprint density at radius 1 is 1.17 bits per heavy atom. The van der Waals surface area contributed by atoms with Crippen molar-refractivity contribution < 1.29 is 24.1 Å². The molecular weight excluding hydrogens is 311 g/mol. The van der Waals surface area contributed by atoms with E-state index in [4.69, 9.17) is 9.84 Å². The highest BCUT2D eigenvalue weighted by Crippen LogP contribution is 2.25. The fraction of sp³-hybridized carbons (Fsp3) is 0.316. The lowest BCUT2D eigenvalue weighted by Gasteiger charge is -2.25. The third-order valence-electron chi connectivity index (χ3n) is 4.05. The van der Waals surface area contributed by atoms with Gasteiger partial charge >= 0.3 is 0 Å². The summed E-state index contributed by atoms with van der Waals surface area (Å²) >= 11 is 0. The Bertz CT molecular complexity index is 712. The minimum atomic E-state index is -1.42. The molecule has 0 radical (unpaired) electrons. The Kier molecular flexibility index (Phi) is 5.83. The van der Waals surface area contributed by atoms with Crippen molar-refractivity contribution >= 4 is 5.78 Å². The molecule has 24 heavy (non-hydrogen) atoms. The molecule has 2 rings (SSSR count). The van der Waals surface area contributed by atoms with Crippen LogP contribution in [0.4, 0.5) is 4.39 Å². The Balaban J connectivity index is 2.11. The summed E-state index contributed by atoms with van der Waals surface area (Å²) in [6.45, 7) is 2.25. The molecule has 0 aliphatic rings. The van der Waals surface area contributed by atoms with Crippen molar-refractivity contribution in [3.63, 3.8) is 0 Å². The Morgan fingerprint density at radius 3 is 2.38 bits per heavy atom. The van der Waals surface area contributed by atoms with Crippen LogP contribution in [-0.4, -0.2) is 34.8 Å². The van der Waals surface area contributed by atoms with Gasteiger partial charge in [0, 0.05) is 0 Å². The van der Waals surface area contributed by atoms with Gasteiger partial charge in [0.15, 0.2) is 5.78 Å². The average Bonchev–Trinajstić information content (AvgIpc) is 2.59. The Hall–Kier alpha value is -2.08. The van der Waals surface area contributed by atoms with Gasteiger partial charge in [0.1, 0.15) is 18.0 Å². The van der Waals surface area contributed by atoms with Crippen LogP contribution in [-0.2, 0) is 16.1 Å². The summed E-state index contributed by atoms with van der Waals surface area (Å²) in [4.78, 5) is 11.6. The van der Waals surface area contributed by atoms with E-state index in [1.807, 2.05) is 31.2 Å². The molecule has 1 unspecified atom stereocenters. The van der Waals surface area contributed by atoms with Crippen molar-refractivity contribution in [3.8, 4) is 11.1 Å². The van der Waals surface area contributed by atoms with Crippen LogP contribution in [0, 0.1) is 12.7 Å². The van der Waals surface area contributed by atoms with Crippen LogP contribution in [0.3, 0.4) is 0 Å². The summed E-state index contributed by atoms with van der Waals surface area (Å²) in [6, 6.07) is 12.1. The van der Waals surface area contributed by atoms with Crippen molar-refractivity contribution in [2.45, 2.75) is 26.1 Å². The quantitative estimate of drug-likeness (QED) is 0.818. The molecule has 0 spiro atoms. The lowest BCUT2D eigenvalue weighted by molar-refractivity contribution is -0.152. The SMILES string of the molecule is Cc1cc(F)ccc1-c1ccc(COC(C)(CO)C(=O)CO)cc1. The predicted octanol–water partition coefficient (Wildman–Crippen LogP) is 2.63. The molecule has 2 N–H and O–H groups in total. The van der Waals surface area contributed by atoms with E-state index < -0.39 is 24.6 Å². The van der Waals surface area contributed by atoms with Gasteiger partial charge in [-0.3, -0.25) is 4.79 Å². The van der Waals surface area contributed by atoms with Gasteiger partial charge < -0.3 is 14.9 Å². The minimum absolute atomic E-state index is 0.130. The van der Waals surface area contributed by atoms with E-state index >= 15 is 0 Å². The number of halogens is 1. The van der Waals surface area contributed by atoms with Crippen molar-refractivity contribution in [1.82, 2.24) is 0 Å². The van der Waals surface area contributed by atoms with Crippen LogP contribution in [0.5, 0.6) is 0 Å². The second kappa shape index (κ2) is 7.66. The summed E-state index contributed by atoms with van der Waals surface area (Å²) in [6.07, 6.45) is 0.